The average Bonchev–Trinajstić information content (AvgIpc) is 3.27. The van der Waals surface area contributed by atoms with Crippen molar-refractivity contribution in [3.8, 4) is 10.8 Å². The number of hydrogen-bond donors (Lipinski definition) is 2. The number of rotatable bonds is 4. The standard InChI is InChI=1S/C24H23N7O2S/c1-13-14(2)34-23-21(13)22(17-5-7-19(8-6-17)26-16(4)32)29-30(24-28-27-15(3)31(23)24)12-18-11-25-10-9-20(18)33/h5-11H,12H2,1-4H3,(H,25,33)(H,26,32). The summed E-state index contributed by atoms with van der Waals surface area (Å²) in [6, 6.07) is 9.17. The van der Waals surface area contributed by atoms with E-state index in [9.17, 15) is 9.90 Å². The first-order valence-corrected chi connectivity index (χ1v) is 11.5. The second-order valence-corrected chi connectivity index (χ2v) is 9.32. The molecule has 1 amide bonds. The molecule has 0 saturated heterocycles. The van der Waals surface area contributed by atoms with Crippen molar-refractivity contribution in [3.63, 3.8) is 0 Å². The van der Waals surface area contributed by atoms with E-state index in [0.29, 0.717) is 17.2 Å². The van der Waals surface area contributed by atoms with Crippen LogP contribution in [0.25, 0.3) is 5.00 Å². The van der Waals surface area contributed by atoms with E-state index in [1.807, 2.05) is 35.8 Å². The fraction of sp³-hybridized carbons (Fsp3) is 0.208. The molecule has 0 radical (unpaired) electrons. The highest BCUT2D eigenvalue weighted by atomic mass is 32.1. The average molecular weight is 474 g/mol. The van der Waals surface area contributed by atoms with Crippen molar-refractivity contribution >= 4 is 34.6 Å². The van der Waals surface area contributed by atoms with Gasteiger partial charge >= 0.3 is 0 Å². The van der Waals surface area contributed by atoms with Gasteiger partial charge in [0.1, 0.15) is 22.3 Å². The maximum Gasteiger partial charge on any atom is 0.253 e. The van der Waals surface area contributed by atoms with Gasteiger partial charge in [-0.2, -0.15) is 5.10 Å². The third-order valence-corrected chi connectivity index (χ3v) is 6.94. The molecule has 34 heavy (non-hydrogen) atoms. The fourth-order valence-electron chi connectivity index (χ4n) is 3.94. The Labute approximate surface area is 200 Å². The molecular weight excluding hydrogens is 450 g/mol. The minimum absolute atomic E-state index is 0.123. The highest BCUT2D eigenvalue weighted by molar-refractivity contribution is 7.15. The van der Waals surface area contributed by atoms with Gasteiger partial charge < -0.3 is 10.4 Å². The maximum absolute atomic E-state index is 11.4. The van der Waals surface area contributed by atoms with Crippen LogP contribution in [0.3, 0.4) is 0 Å². The lowest BCUT2D eigenvalue weighted by Crippen LogP contribution is -2.21. The zero-order chi connectivity index (χ0) is 24.0. The number of nitrogens with one attached hydrogen (secondary N) is 1. The SMILES string of the molecule is CC(=O)Nc1ccc(C2=NN(Cc3cnccc3O)c3nnc(C)n3-c3sc(C)c(C)c32)cc1. The van der Waals surface area contributed by atoms with E-state index in [1.54, 1.807) is 34.8 Å². The number of pyridine rings is 1. The van der Waals surface area contributed by atoms with Crippen LogP contribution in [-0.2, 0) is 11.3 Å². The van der Waals surface area contributed by atoms with E-state index in [0.717, 1.165) is 33.2 Å². The van der Waals surface area contributed by atoms with E-state index in [2.05, 4.69) is 34.3 Å². The van der Waals surface area contributed by atoms with Gasteiger partial charge in [-0.05, 0) is 44.5 Å². The number of hydrogen-bond acceptors (Lipinski definition) is 8. The molecule has 0 saturated carbocycles. The van der Waals surface area contributed by atoms with E-state index in [4.69, 9.17) is 5.10 Å². The minimum atomic E-state index is -0.123. The molecule has 2 N–H and O–H groups in total. The Morgan fingerprint density at radius 3 is 2.59 bits per heavy atom. The second-order valence-electron chi connectivity index (χ2n) is 8.12. The van der Waals surface area contributed by atoms with Gasteiger partial charge in [-0.25, -0.2) is 5.01 Å². The summed E-state index contributed by atoms with van der Waals surface area (Å²) in [7, 11) is 0. The van der Waals surface area contributed by atoms with Gasteiger partial charge in [-0.1, -0.05) is 12.1 Å². The van der Waals surface area contributed by atoms with Crippen molar-refractivity contribution in [1.29, 1.82) is 0 Å². The molecule has 10 heteroatoms. The molecule has 4 aromatic rings. The van der Waals surface area contributed by atoms with E-state index in [1.165, 1.54) is 11.8 Å². The van der Waals surface area contributed by atoms with Gasteiger partial charge in [0, 0.05) is 46.6 Å². The number of aromatic nitrogens is 4. The molecule has 0 bridgehead atoms. The lowest BCUT2D eigenvalue weighted by molar-refractivity contribution is -0.114. The maximum atomic E-state index is 11.4. The summed E-state index contributed by atoms with van der Waals surface area (Å²) in [5.41, 5.74) is 5.16. The summed E-state index contributed by atoms with van der Waals surface area (Å²) in [6.45, 7) is 7.84. The smallest absolute Gasteiger partial charge is 0.253 e. The van der Waals surface area contributed by atoms with Crippen LogP contribution >= 0.6 is 11.3 Å². The van der Waals surface area contributed by atoms with Gasteiger partial charge in [0.15, 0.2) is 0 Å². The molecule has 3 aromatic heterocycles. The van der Waals surface area contributed by atoms with Crippen LogP contribution in [0.15, 0.2) is 47.8 Å². The van der Waals surface area contributed by atoms with Crippen LogP contribution in [0.4, 0.5) is 11.6 Å². The number of anilines is 2. The number of carbonyl (C=O) groups excluding carboxylic acids is 1. The number of amides is 1. The summed E-state index contributed by atoms with van der Waals surface area (Å²) in [4.78, 5) is 16.8. The van der Waals surface area contributed by atoms with Crippen molar-refractivity contribution in [2.24, 2.45) is 5.10 Å². The van der Waals surface area contributed by atoms with Crippen molar-refractivity contribution in [3.05, 3.63) is 75.7 Å². The topological polar surface area (TPSA) is 109 Å². The molecule has 4 heterocycles. The third-order valence-electron chi connectivity index (χ3n) is 5.74. The number of nitrogens with zero attached hydrogens (tertiary/aromatic N) is 6. The molecule has 1 aliphatic heterocycles. The molecule has 9 nitrogen and oxygen atoms in total. The normalized spacial score (nSPS) is 12.6. The number of fused-ring (bicyclic) bond motifs is 3. The van der Waals surface area contributed by atoms with E-state index < -0.39 is 0 Å². The Kier molecular flexibility index (Phi) is 5.37. The number of thiophene rings is 1. The zero-order valence-corrected chi connectivity index (χ0v) is 20.0. The van der Waals surface area contributed by atoms with Gasteiger partial charge in [0.2, 0.25) is 5.91 Å². The lowest BCUT2D eigenvalue weighted by Gasteiger charge is -2.18. The van der Waals surface area contributed by atoms with Gasteiger partial charge in [0.25, 0.3) is 5.95 Å². The minimum Gasteiger partial charge on any atom is -0.507 e. The second kappa shape index (κ2) is 8.38. The van der Waals surface area contributed by atoms with Crippen LogP contribution in [0.5, 0.6) is 5.75 Å². The Hall–Kier alpha value is -4.05. The van der Waals surface area contributed by atoms with Crippen LogP contribution in [0, 0.1) is 20.8 Å². The molecule has 1 aliphatic rings. The number of aryl methyl sites for hydroxylation is 2. The molecule has 5 rings (SSSR count). The summed E-state index contributed by atoms with van der Waals surface area (Å²) in [6.07, 6.45) is 3.17. The molecule has 0 aliphatic carbocycles. The van der Waals surface area contributed by atoms with Crippen LogP contribution < -0.4 is 10.3 Å². The van der Waals surface area contributed by atoms with Crippen molar-refractivity contribution in [1.82, 2.24) is 19.7 Å². The Balaban J connectivity index is 1.70. The van der Waals surface area contributed by atoms with Gasteiger partial charge in [-0.15, -0.1) is 21.5 Å². The lowest BCUT2D eigenvalue weighted by atomic mass is 10.00. The number of hydrazone groups is 1. The summed E-state index contributed by atoms with van der Waals surface area (Å²) in [5.74, 6) is 1.32. The van der Waals surface area contributed by atoms with Crippen molar-refractivity contribution in [2.45, 2.75) is 34.2 Å². The molecule has 0 fully saturated rings. The summed E-state index contributed by atoms with van der Waals surface area (Å²) < 4.78 is 2.01. The Morgan fingerprint density at radius 1 is 1.12 bits per heavy atom. The highest BCUT2D eigenvalue weighted by Gasteiger charge is 2.30. The Morgan fingerprint density at radius 2 is 1.88 bits per heavy atom. The first-order valence-electron chi connectivity index (χ1n) is 10.7. The highest BCUT2D eigenvalue weighted by Crippen LogP contribution is 2.39. The van der Waals surface area contributed by atoms with Gasteiger partial charge in [0.05, 0.1) is 6.54 Å². The predicted octanol–water partition coefficient (Wildman–Crippen LogP) is 4.09. The van der Waals surface area contributed by atoms with Crippen molar-refractivity contribution < 1.29 is 9.90 Å². The monoisotopic (exact) mass is 473 g/mol. The predicted molar refractivity (Wildman–Crippen MR) is 132 cm³/mol. The molecule has 1 aromatic carbocycles. The third kappa shape index (κ3) is 3.71. The van der Waals surface area contributed by atoms with Crippen LogP contribution in [-0.4, -0.2) is 36.5 Å². The van der Waals surface area contributed by atoms with E-state index >= 15 is 0 Å². The van der Waals surface area contributed by atoms with E-state index in [-0.39, 0.29) is 18.2 Å². The fourth-order valence-corrected chi connectivity index (χ4v) is 5.14. The molecule has 0 spiro atoms. The largest absolute Gasteiger partial charge is 0.507 e. The summed E-state index contributed by atoms with van der Waals surface area (Å²) in [5, 5.41) is 29.7. The number of benzene rings is 1. The van der Waals surface area contributed by atoms with Crippen LogP contribution in [0.2, 0.25) is 0 Å². The summed E-state index contributed by atoms with van der Waals surface area (Å²) >= 11 is 1.67. The zero-order valence-electron chi connectivity index (χ0n) is 19.2. The van der Waals surface area contributed by atoms with Gasteiger partial charge in [-0.3, -0.25) is 14.3 Å². The first kappa shape index (κ1) is 21.8. The molecule has 0 atom stereocenters. The number of carbonyl (C=O) groups is 1. The Bertz CT molecular complexity index is 1440. The quantitative estimate of drug-likeness (QED) is 0.462. The number of aromatic hydroxyl groups is 1. The first-order chi connectivity index (χ1) is 16.3. The molecular formula is C24H23N7O2S. The molecule has 172 valence electrons. The molecule has 0 unspecified atom stereocenters. The van der Waals surface area contributed by atoms with Crippen LogP contribution in [0.1, 0.15) is 39.9 Å². The van der Waals surface area contributed by atoms with Crippen molar-refractivity contribution in [2.75, 3.05) is 10.3 Å².